The van der Waals surface area contributed by atoms with Gasteiger partial charge in [-0.25, -0.2) is 4.79 Å². The Bertz CT molecular complexity index is 821. The molecule has 1 aromatic carbocycles. The van der Waals surface area contributed by atoms with E-state index in [1.165, 1.54) is 7.11 Å². The van der Waals surface area contributed by atoms with Crippen molar-refractivity contribution < 1.29 is 32.2 Å². The van der Waals surface area contributed by atoms with Crippen LogP contribution < -0.4 is 0 Å². The average molecular weight is 426 g/mol. The number of methoxy groups -OCH3 is 1. The van der Waals surface area contributed by atoms with Crippen molar-refractivity contribution in [2.24, 2.45) is 5.92 Å². The maximum Gasteiger partial charge on any atom is 0.471 e. The predicted octanol–water partition coefficient (Wildman–Crippen LogP) is 2.62. The highest BCUT2D eigenvalue weighted by Crippen LogP contribution is 2.44. The first-order valence-corrected chi connectivity index (χ1v) is 10.0. The number of rotatable bonds is 5. The molecule has 164 valence electrons. The van der Waals surface area contributed by atoms with Crippen molar-refractivity contribution in [3.63, 3.8) is 0 Å². The molecule has 30 heavy (non-hydrogen) atoms. The van der Waals surface area contributed by atoms with E-state index in [0.29, 0.717) is 38.0 Å². The lowest BCUT2D eigenvalue weighted by atomic mass is 9.88. The number of carbonyl (C=O) groups is 2. The Morgan fingerprint density at radius 2 is 1.90 bits per heavy atom. The smallest absolute Gasteiger partial charge is 0.465 e. The number of benzene rings is 1. The molecule has 1 aliphatic carbocycles. The summed E-state index contributed by atoms with van der Waals surface area (Å²) in [5.74, 6) is -2.04. The summed E-state index contributed by atoms with van der Waals surface area (Å²) in [6.45, 7) is 3.88. The Labute approximate surface area is 172 Å². The summed E-state index contributed by atoms with van der Waals surface area (Å²) in [6, 6.07) is 6.25. The van der Waals surface area contributed by atoms with Gasteiger partial charge in [0, 0.05) is 32.1 Å². The Morgan fingerprint density at radius 3 is 2.43 bits per heavy atom. The quantitative estimate of drug-likeness (QED) is 0.678. The van der Waals surface area contributed by atoms with Gasteiger partial charge >= 0.3 is 18.1 Å². The van der Waals surface area contributed by atoms with E-state index in [4.69, 9.17) is 4.74 Å². The van der Waals surface area contributed by atoms with E-state index in [1.807, 2.05) is 19.1 Å². The van der Waals surface area contributed by atoms with Crippen molar-refractivity contribution in [2.45, 2.75) is 50.2 Å². The SMILES string of the molecule is COC(=O)c1ccc(CN2CC3(CC(N(C(=O)C(F)(F)F)[C@@H]4C[C@H]4C)CO3)C2)cc1. The monoisotopic (exact) mass is 426 g/mol. The van der Waals surface area contributed by atoms with E-state index < -0.39 is 29.7 Å². The third-order valence-corrected chi connectivity index (χ3v) is 6.29. The lowest BCUT2D eigenvalue weighted by molar-refractivity contribution is -0.188. The molecule has 1 aromatic rings. The third kappa shape index (κ3) is 4.05. The zero-order valence-electron chi connectivity index (χ0n) is 16.9. The fourth-order valence-corrected chi connectivity index (χ4v) is 4.65. The Kier molecular flexibility index (Phi) is 5.30. The highest BCUT2D eigenvalue weighted by Gasteiger charge is 2.57. The number of hydrogen-bond acceptors (Lipinski definition) is 5. The maximum absolute atomic E-state index is 13.1. The van der Waals surface area contributed by atoms with Gasteiger partial charge in [0.15, 0.2) is 0 Å². The zero-order chi connectivity index (χ0) is 21.7. The van der Waals surface area contributed by atoms with Crippen LogP contribution in [0.5, 0.6) is 0 Å². The Hall–Kier alpha value is -2.13. The van der Waals surface area contributed by atoms with Gasteiger partial charge in [-0.05, 0) is 30.0 Å². The van der Waals surface area contributed by atoms with Gasteiger partial charge in [0.05, 0.1) is 30.9 Å². The lowest BCUT2D eigenvalue weighted by Gasteiger charge is -2.47. The molecule has 1 spiro atoms. The summed E-state index contributed by atoms with van der Waals surface area (Å²) < 4.78 is 49.9. The van der Waals surface area contributed by atoms with Crippen molar-refractivity contribution >= 4 is 11.9 Å². The molecule has 0 aromatic heterocycles. The first-order valence-electron chi connectivity index (χ1n) is 10.0. The summed E-state index contributed by atoms with van der Waals surface area (Å²) in [5.41, 5.74) is 1.01. The van der Waals surface area contributed by atoms with Crippen LogP contribution in [0, 0.1) is 5.92 Å². The summed E-state index contributed by atoms with van der Waals surface area (Å²) in [4.78, 5) is 26.7. The number of hydrogen-bond donors (Lipinski definition) is 0. The number of esters is 1. The second kappa shape index (κ2) is 7.53. The molecule has 1 saturated carbocycles. The highest BCUT2D eigenvalue weighted by molar-refractivity contribution is 5.89. The molecule has 3 fully saturated rings. The molecule has 4 rings (SSSR count). The topological polar surface area (TPSA) is 59.1 Å². The minimum absolute atomic E-state index is 0.0960. The molecular formula is C21H25F3N2O4. The van der Waals surface area contributed by atoms with Crippen LogP contribution in [0.1, 0.15) is 35.7 Å². The second-order valence-corrected chi connectivity index (χ2v) is 8.68. The number of amides is 1. The normalized spacial score (nSPS) is 27.6. The molecule has 0 N–H and O–H groups in total. The van der Waals surface area contributed by atoms with Gasteiger partial charge in [0.2, 0.25) is 0 Å². The summed E-state index contributed by atoms with van der Waals surface area (Å²) in [6.07, 6.45) is -3.82. The third-order valence-electron chi connectivity index (χ3n) is 6.29. The molecular weight excluding hydrogens is 401 g/mol. The van der Waals surface area contributed by atoms with Crippen molar-refractivity contribution in [1.29, 1.82) is 0 Å². The van der Waals surface area contributed by atoms with Crippen LogP contribution in [0.2, 0.25) is 0 Å². The van der Waals surface area contributed by atoms with Crippen LogP contribution >= 0.6 is 0 Å². The molecule has 0 radical (unpaired) electrons. The van der Waals surface area contributed by atoms with Crippen molar-refractivity contribution in [2.75, 3.05) is 26.8 Å². The number of nitrogens with zero attached hydrogens (tertiary/aromatic N) is 2. The van der Waals surface area contributed by atoms with Gasteiger partial charge in [-0.1, -0.05) is 19.1 Å². The van der Waals surface area contributed by atoms with Crippen molar-refractivity contribution in [3.8, 4) is 0 Å². The zero-order valence-corrected chi connectivity index (χ0v) is 16.9. The van der Waals surface area contributed by atoms with E-state index in [9.17, 15) is 22.8 Å². The molecule has 2 saturated heterocycles. The number of likely N-dealkylation sites (tertiary alicyclic amines) is 1. The molecule has 6 nitrogen and oxygen atoms in total. The van der Waals surface area contributed by atoms with Gasteiger partial charge in [-0.3, -0.25) is 9.69 Å². The van der Waals surface area contributed by atoms with Crippen LogP contribution in [0.3, 0.4) is 0 Å². The summed E-state index contributed by atoms with van der Waals surface area (Å²) in [5, 5.41) is 0. The van der Waals surface area contributed by atoms with Gasteiger partial charge in [0.1, 0.15) is 0 Å². The van der Waals surface area contributed by atoms with Crippen LogP contribution in [-0.4, -0.2) is 72.3 Å². The number of carbonyl (C=O) groups excluding carboxylic acids is 2. The summed E-state index contributed by atoms with van der Waals surface area (Å²) in [7, 11) is 1.33. The van der Waals surface area contributed by atoms with Crippen molar-refractivity contribution in [1.82, 2.24) is 9.80 Å². The second-order valence-electron chi connectivity index (χ2n) is 8.68. The molecule has 0 bridgehead atoms. The largest absolute Gasteiger partial charge is 0.471 e. The molecule has 1 unspecified atom stereocenters. The molecule has 9 heteroatoms. The molecule has 3 atom stereocenters. The first-order chi connectivity index (χ1) is 14.1. The molecule has 2 aliphatic heterocycles. The van der Waals surface area contributed by atoms with E-state index in [2.05, 4.69) is 9.64 Å². The lowest BCUT2D eigenvalue weighted by Crippen LogP contribution is -2.61. The predicted molar refractivity (Wildman–Crippen MR) is 101 cm³/mol. The fraction of sp³-hybridized carbons (Fsp3) is 0.619. The maximum atomic E-state index is 13.1. The van der Waals surface area contributed by atoms with Gasteiger partial charge in [0.25, 0.3) is 0 Å². The van der Waals surface area contributed by atoms with E-state index >= 15 is 0 Å². The minimum Gasteiger partial charge on any atom is -0.465 e. The fourth-order valence-electron chi connectivity index (χ4n) is 4.65. The minimum atomic E-state index is -4.86. The van der Waals surface area contributed by atoms with E-state index in [1.54, 1.807) is 12.1 Å². The standard InChI is InChI=1S/C21H25F3N2O4/c1-13-7-17(13)26(19(28)21(22,23)24)16-8-20(30-10-16)11-25(12-20)9-14-3-5-15(6-4-14)18(27)29-2/h3-6,13,16-17H,7-12H2,1-2H3/t13-,16?,17-/m1/s1. The van der Waals surface area contributed by atoms with Gasteiger partial charge in [-0.2, -0.15) is 13.2 Å². The van der Waals surface area contributed by atoms with Gasteiger partial charge in [-0.15, -0.1) is 0 Å². The average Bonchev–Trinajstić information content (AvgIpc) is 3.22. The first kappa shape index (κ1) is 21.1. The highest BCUT2D eigenvalue weighted by atomic mass is 19.4. The van der Waals surface area contributed by atoms with Gasteiger partial charge < -0.3 is 14.4 Å². The van der Waals surface area contributed by atoms with Crippen LogP contribution in [0.15, 0.2) is 24.3 Å². The van der Waals surface area contributed by atoms with Crippen LogP contribution in [0.25, 0.3) is 0 Å². The molecule has 1 amide bonds. The van der Waals surface area contributed by atoms with E-state index in [-0.39, 0.29) is 18.6 Å². The van der Waals surface area contributed by atoms with Crippen LogP contribution in [0.4, 0.5) is 13.2 Å². The molecule has 2 heterocycles. The number of ether oxygens (including phenoxy) is 2. The van der Waals surface area contributed by atoms with Crippen molar-refractivity contribution in [3.05, 3.63) is 35.4 Å². The van der Waals surface area contributed by atoms with E-state index in [0.717, 1.165) is 10.5 Å². The Morgan fingerprint density at radius 1 is 1.27 bits per heavy atom. The Balaban J connectivity index is 1.34. The van der Waals surface area contributed by atoms with Crippen LogP contribution in [-0.2, 0) is 20.8 Å². The number of halogens is 3. The molecule has 3 aliphatic rings. The number of alkyl halides is 3. The summed E-state index contributed by atoms with van der Waals surface area (Å²) >= 11 is 0.